The molecule has 0 aliphatic heterocycles. The van der Waals surface area contributed by atoms with Crippen molar-refractivity contribution in [2.45, 2.75) is 0 Å². The summed E-state index contributed by atoms with van der Waals surface area (Å²) < 4.78 is 0. The molecule has 14 heavy (non-hydrogen) atoms. The maximum absolute atomic E-state index is 11.6. The van der Waals surface area contributed by atoms with Crippen LogP contribution in [0.25, 0.3) is 0 Å². The van der Waals surface area contributed by atoms with E-state index >= 15 is 0 Å². The maximum Gasteiger partial charge on any atom is 0.253 e. The van der Waals surface area contributed by atoms with Crippen LogP contribution in [0.4, 0.5) is 0 Å². The smallest absolute Gasteiger partial charge is 0.253 e. The van der Waals surface area contributed by atoms with E-state index in [0.717, 1.165) is 5.56 Å². The number of amides is 1. The van der Waals surface area contributed by atoms with Gasteiger partial charge in [0.15, 0.2) is 0 Å². The third-order valence-corrected chi connectivity index (χ3v) is 1.98. The Hall–Kier alpha value is -1.75. The Kier molecular flexibility index (Phi) is 3.30. The van der Waals surface area contributed by atoms with Crippen molar-refractivity contribution in [1.29, 1.82) is 0 Å². The van der Waals surface area contributed by atoms with Gasteiger partial charge in [0.25, 0.3) is 5.91 Å². The minimum Gasteiger partial charge on any atom is -0.342 e. The molecule has 1 aromatic carbocycles. The first-order chi connectivity index (χ1) is 6.69. The lowest BCUT2D eigenvalue weighted by molar-refractivity contribution is 0.0809. The number of benzene rings is 1. The molecule has 2 nitrogen and oxygen atoms in total. The van der Waals surface area contributed by atoms with Gasteiger partial charge >= 0.3 is 0 Å². The fourth-order valence-electron chi connectivity index (χ4n) is 1.03. The summed E-state index contributed by atoms with van der Waals surface area (Å²) in [6, 6.07) is 6.96. The van der Waals surface area contributed by atoms with Gasteiger partial charge < -0.3 is 4.90 Å². The Morgan fingerprint density at radius 1 is 1.50 bits per heavy atom. The predicted molar refractivity (Wildman–Crippen MR) is 56.7 cm³/mol. The lowest BCUT2D eigenvalue weighted by Gasteiger charge is -2.13. The fraction of sp³-hybridized carbons (Fsp3) is 0.167. The van der Waals surface area contributed by atoms with E-state index in [-0.39, 0.29) is 5.91 Å². The van der Waals surface area contributed by atoms with Crippen LogP contribution in [0, 0.1) is 19.3 Å². The molecular weight excluding hydrogens is 174 g/mol. The summed E-state index contributed by atoms with van der Waals surface area (Å²) in [6.07, 6.45) is 5.21. The highest BCUT2D eigenvalue weighted by Gasteiger charge is 2.08. The molecule has 2 heteroatoms. The van der Waals surface area contributed by atoms with E-state index in [1.165, 1.54) is 0 Å². The highest BCUT2D eigenvalue weighted by atomic mass is 16.2. The zero-order chi connectivity index (χ0) is 10.6. The van der Waals surface area contributed by atoms with Gasteiger partial charge in [0.2, 0.25) is 0 Å². The Bertz CT molecular complexity index is 359. The van der Waals surface area contributed by atoms with Crippen LogP contribution in [0.5, 0.6) is 0 Å². The average Bonchev–Trinajstić information content (AvgIpc) is 2.27. The standard InChI is InChI=1S/C12H12NO/c1-4-10-6-8-11(9-7-10)12(14)13(3)5-2/h1,6-9H,2,5H2,3H3. The number of carbonyl (C=O) groups excluding carboxylic acids is 1. The van der Waals surface area contributed by atoms with Crippen molar-refractivity contribution in [2.24, 2.45) is 0 Å². The van der Waals surface area contributed by atoms with E-state index < -0.39 is 0 Å². The zero-order valence-corrected chi connectivity index (χ0v) is 8.16. The molecule has 1 rings (SSSR count). The summed E-state index contributed by atoms with van der Waals surface area (Å²) in [5, 5.41) is 0. The molecule has 0 aliphatic rings. The number of nitrogens with zero attached hydrogens (tertiary/aromatic N) is 1. The van der Waals surface area contributed by atoms with Crippen LogP contribution < -0.4 is 0 Å². The summed E-state index contributed by atoms with van der Waals surface area (Å²) in [5.74, 6) is 2.46. The summed E-state index contributed by atoms with van der Waals surface area (Å²) in [5.41, 5.74) is 1.41. The highest BCUT2D eigenvalue weighted by Crippen LogP contribution is 2.05. The molecule has 0 atom stereocenters. The Labute approximate surface area is 84.5 Å². The van der Waals surface area contributed by atoms with Gasteiger partial charge in [0.1, 0.15) is 0 Å². The van der Waals surface area contributed by atoms with Gasteiger partial charge in [-0.2, -0.15) is 0 Å². The predicted octanol–water partition coefficient (Wildman–Crippen LogP) is 1.57. The summed E-state index contributed by atoms with van der Waals surface area (Å²) in [6.45, 7) is 4.09. The molecule has 0 bridgehead atoms. The topological polar surface area (TPSA) is 20.3 Å². The first kappa shape index (κ1) is 10.3. The minimum atomic E-state index is -0.0384. The molecule has 1 radical (unpaired) electrons. The molecular formula is C12H12NO. The van der Waals surface area contributed by atoms with Crippen LogP contribution >= 0.6 is 0 Å². The van der Waals surface area contributed by atoms with E-state index in [1.807, 2.05) is 0 Å². The molecule has 71 valence electrons. The Morgan fingerprint density at radius 2 is 2.07 bits per heavy atom. The molecule has 0 N–H and O–H groups in total. The number of terminal acetylenes is 1. The van der Waals surface area contributed by atoms with Gasteiger partial charge in [-0.3, -0.25) is 4.79 Å². The van der Waals surface area contributed by atoms with Crippen LogP contribution in [0.2, 0.25) is 0 Å². The normalized spacial score (nSPS) is 9.21. The quantitative estimate of drug-likeness (QED) is 0.642. The summed E-state index contributed by atoms with van der Waals surface area (Å²) in [4.78, 5) is 13.2. The largest absolute Gasteiger partial charge is 0.342 e. The monoisotopic (exact) mass is 186 g/mol. The Balaban J connectivity index is 2.88. The molecule has 0 heterocycles. The second kappa shape index (κ2) is 4.48. The van der Waals surface area contributed by atoms with Gasteiger partial charge in [-0.05, 0) is 31.2 Å². The molecule has 1 aromatic rings. The minimum absolute atomic E-state index is 0.0384. The lowest BCUT2D eigenvalue weighted by atomic mass is 10.1. The van der Waals surface area contributed by atoms with Crippen LogP contribution in [0.3, 0.4) is 0 Å². The van der Waals surface area contributed by atoms with Crippen molar-refractivity contribution in [2.75, 3.05) is 13.6 Å². The van der Waals surface area contributed by atoms with E-state index in [9.17, 15) is 4.79 Å². The van der Waals surface area contributed by atoms with Crippen molar-refractivity contribution in [1.82, 2.24) is 4.90 Å². The van der Waals surface area contributed by atoms with Crippen LogP contribution in [-0.4, -0.2) is 24.4 Å². The molecule has 1 amide bonds. The number of carbonyl (C=O) groups is 1. The first-order valence-corrected chi connectivity index (χ1v) is 4.30. The van der Waals surface area contributed by atoms with Crippen molar-refractivity contribution >= 4 is 5.91 Å². The third kappa shape index (κ3) is 2.14. The van der Waals surface area contributed by atoms with Gasteiger partial charge in [-0.1, -0.05) is 5.92 Å². The summed E-state index contributed by atoms with van der Waals surface area (Å²) >= 11 is 0. The average molecular weight is 186 g/mol. The van der Waals surface area contributed by atoms with E-state index in [2.05, 4.69) is 12.8 Å². The Morgan fingerprint density at radius 3 is 2.50 bits per heavy atom. The number of hydrogen-bond donors (Lipinski definition) is 0. The number of rotatable bonds is 2. The van der Waals surface area contributed by atoms with E-state index in [1.54, 1.807) is 36.2 Å². The fourth-order valence-corrected chi connectivity index (χ4v) is 1.03. The van der Waals surface area contributed by atoms with Crippen LogP contribution in [0.1, 0.15) is 15.9 Å². The van der Waals surface area contributed by atoms with Crippen molar-refractivity contribution in [3.05, 3.63) is 42.3 Å². The van der Waals surface area contributed by atoms with Crippen molar-refractivity contribution < 1.29 is 4.79 Å². The molecule has 0 aliphatic carbocycles. The van der Waals surface area contributed by atoms with Gasteiger partial charge in [-0.25, -0.2) is 0 Å². The van der Waals surface area contributed by atoms with Crippen LogP contribution in [0.15, 0.2) is 24.3 Å². The first-order valence-electron chi connectivity index (χ1n) is 4.30. The molecule has 0 saturated heterocycles. The van der Waals surface area contributed by atoms with Gasteiger partial charge in [0, 0.05) is 24.7 Å². The summed E-state index contributed by atoms with van der Waals surface area (Å²) in [7, 11) is 1.71. The molecule has 0 aromatic heterocycles. The van der Waals surface area contributed by atoms with E-state index in [0.29, 0.717) is 12.1 Å². The zero-order valence-electron chi connectivity index (χ0n) is 8.16. The second-order valence-electron chi connectivity index (χ2n) is 2.95. The molecule has 0 unspecified atom stereocenters. The second-order valence-corrected chi connectivity index (χ2v) is 2.95. The highest BCUT2D eigenvalue weighted by molar-refractivity contribution is 5.94. The van der Waals surface area contributed by atoms with Crippen molar-refractivity contribution in [3.63, 3.8) is 0 Å². The lowest BCUT2D eigenvalue weighted by Crippen LogP contribution is -2.26. The number of hydrogen-bond acceptors (Lipinski definition) is 1. The third-order valence-electron chi connectivity index (χ3n) is 1.98. The molecule has 0 spiro atoms. The van der Waals surface area contributed by atoms with E-state index in [4.69, 9.17) is 6.42 Å². The van der Waals surface area contributed by atoms with Gasteiger partial charge in [-0.15, -0.1) is 6.42 Å². The van der Waals surface area contributed by atoms with Gasteiger partial charge in [0.05, 0.1) is 0 Å². The molecule has 0 saturated carbocycles. The maximum atomic E-state index is 11.6. The molecule has 0 fully saturated rings. The van der Waals surface area contributed by atoms with Crippen molar-refractivity contribution in [3.8, 4) is 12.3 Å². The SMILES string of the molecule is C#Cc1ccc(C(=O)N(C)C[CH2])cc1. The van der Waals surface area contributed by atoms with Crippen LogP contribution in [-0.2, 0) is 0 Å².